The zero-order valence-corrected chi connectivity index (χ0v) is 70.1. The van der Waals surface area contributed by atoms with E-state index in [2.05, 4.69) is 79.2 Å². The smallest absolute Gasteiger partial charge is 0.481 e. The third kappa shape index (κ3) is 46.9. The van der Waals surface area contributed by atoms with Gasteiger partial charge in [0.15, 0.2) is 29.1 Å². The number of fused-ring (bicyclic) bond motifs is 1. The summed E-state index contributed by atoms with van der Waals surface area (Å²) in [5, 5.41) is 0. The highest BCUT2D eigenvalue weighted by Crippen LogP contribution is 2.42. The maximum Gasteiger partial charge on any atom is 0.573 e. The molecule has 658 valence electrons. The summed E-state index contributed by atoms with van der Waals surface area (Å²) >= 11 is 0.597. The lowest BCUT2D eigenvalue weighted by molar-refractivity contribution is -0.287. The molecule has 0 amide bonds. The molecule has 1 atom stereocenters. The van der Waals surface area contributed by atoms with Crippen molar-refractivity contribution in [3.63, 3.8) is 0 Å². The van der Waals surface area contributed by atoms with Crippen molar-refractivity contribution in [3.05, 3.63) is 243 Å². The first-order chi connectivity index (χ1) is 54.0. The van der Waals surface area contributed by atoms with Gasteiger partial charge in [-0.05, 0) is 185 Å². The van der Waals surface area contributed by atoms with Crippen LogP contribution in [0.4, 0.5) is 101 Å². The maximum absolute atomic E-state index is 12.3. The Labute approximate surface area is 677 Å². The molecule has 0 radical (unpaired) electrons. The molecule has 0 aromatic heterocycles. The van der Waals surface area contributed by atoms with E-state index in [0.717, 1.165) is 64.4 Å². The summed E-state index contributed by atoms with van der Waals surface area (Å²) in [4.78, 5) is 0.640. The zero-order valence-electron chi connectivity index (χ0n) is 69.3. The van der Waals surface area contributed by atoms with Crippen LogP contribution in [0.15, 0.2) is 181 Å². The maximum atomic E-state index is 12.3. The molecule has 1 aliphatic rings. The molecule has 1 heterocycles. The van der Waals surface area contributed by atoms with Crippen LogP contribution in [0.2, 0.25) is 0 Å². The van der Waals surface area contributed by atoms with E-state index in [1.54, 1.807) is 68.4 Å². The summed E-state index contributed by atoms with van der Waals surface area (Å²) in [5.74, 6) is -0.300. The van der Waals surface area contributed by atoms with E-state index in [9.17, 15) is 101 Å². The molecule has 0 N–H and O–H groups in total. The first kappa shape index (κ1) is 110. The van der Waals surface area contributed by atoms with Gasteiger partial charge >= 0.3 is 37.6 Å². The van der Waals surface area contributed by atoms with Crippen LogP contribution in [0.3, 0.4) is 0 Å². The Bertz CT molecular complexity index is 3950. The Balaban J connectivity index is 0. The number of alkyl halides is 23. The van der Waals surface area contributed by atoms with E-state index in [1.165, 1.54) is 66.1 Å². The molecular formula is C87H107F23O6S. The lowest BCUT2D eigenvalue weighted by Crippen LogP contribution is -2.31. The van der Waals surface area contributed by atoms with E-state index in [1.807, 2.05) is 99.6 Å². The van der Waals surface area contributed by atoms with E-state index in [4.69, 9.17) is 14.2 Å². The number of rotatable bonds is 15. The standard InChI is InChI=1S/C12H12F6O2.C12H15F3O.C10H11F3O.2C10H11F3.C10H12F2S.C10H12O2.C10H14.3CH3F/c1-6(2)8-4-7(3)10(20-12(16,17)18)9(5-8)19-11(13,14)15;1-8(2)10-4-6-11(7-5-10)16-9(3)12(13,14)15;1-7(2)8-4-3-5-9(6-8)14-10(11,12)13;2*1-7(2)8-4-3-5-9(6-8)10(11,12)13;1-7(2)8-4-3-5-9(6-8)13-10(11)12;1-7(2)8-3-4-9-10(5-8)12-6-11-9;1-8(2)10-6-4-5-9(3)7-10;3*1-2/h4-6H,1-3H3;4-9H,1-3H3;3-7H,1-2H3;2*3-7H,1-2H3;3-7,10H,1-2H3;3-5,7H,6H2,1-2H3;4-8H,1-3H3;3*1H3. The van der Waals surface area contributed by atoms with Crippen LogP contribution in [0, 0.1) is 13.8 Å². The second-order valence-corrected chi connectivity index (χ2v) is 28.8. The molecule has 0 saturated heterocycles. The third-order valence-electron chi connectivity index (χ3n) is 15.7. The topological polar surface area (TPSA) is 55.4 Å². The molecule has 117 heavy (non-hydrogen) atoms. The van der Waals surface area contributed by atoms with Gasteiger partial charge in [-0.2, -0.15) is 48.3 Å². The second kappa shape index (κ2) is 53.0. The number of hydrogen-bond acceptors (Lipinski definition) is 7. The Hall–Kier alpha value is -8.70. The summed E-state index contributed by atoms with van der Waals surface area (Å²) in [6.07, 6.45) is -29.4. The van der Waals surface area contributed by atoms with Crippen molar-refractivity contribution in [1.29, 1.82) is 0 Å². The van der Waals surface area contributed by atoms with Gasteiger partial charge in [-0.25, -0.2) is 0 Å². The number of benzene rings is 8. The SMILES string of the molecule is CC(C)c1ccc(OC(C)C(F)(F)F)cc1.CC(C)c1ccc2c(c1)OCO2.CC(C)c1cccc(C(F)(F)F)c1.CC(C)c1cccc(C(F)(F)F)c1.CC(C)c1cccc(OC(F)(F)F)c1.CC(C)c1cccc(SC(F)F)c1.CF.CF.CF.Cc1cc(C(C)C)cc(OC(F)(F)F)c1OC(F)(F)F.Cc1cccc(C(C)C)c1. The van der Waals surface area contributed by atoms with Crippen molar-refractivity contribution in [2.24, 2.45) is 0 Å². The van der Waals surface area contributed by atoms with Crippen LogP contribution >= 0.6 is 11.8 Å². The van der Waals surface area contributed by atoms with Crippen LogP contribution in [0.5, 0.6) is 34.5 Å². The zero-order chi connectivity index (χ0) is 90.9. The predicted octanol–water partition coefficient (Wildman–Crippen LogP) is 32.0. The van der Waals surface area contributed by atoms with Crippen LogP contribution < -0.4 is 28.4 Å². The molecule has 9 rings (SSSR count). The van der Waals surface area contributed by atoms with E-state index >= 15 is 0 Å². The molecule has 8 aromatic carbocycles. The monoisotopic (exact) mass is 1720 g/mol. The van der Waals surface area contributed by atoms with Crippen molar-refractivity contribution in [3.8, 4) is 34.5 Å². The summed E-state index contributed by atoms with van der Waals surface area (Å²) in [6.45, 7) is 36.3. The number of hydrogen-bond donors (Lipinski definition) is 0. The van der Waals surface area contributed by atoms with Crippen LogP contribution in [-0.2, 0) is 12.4 Å². The second-order valence-electron chi connectivity index (χ2n) is 27.7. The molecule has 1 unspecified atom stereocenters. The predicted molar refractivity (Wildman–Crippen MR) is 419 cm³/mol. The highest BCUT2D eigenvalue weighted by molar-refractivity contribution is 7.99. The highest BCUT2D eigenvalue weighted by atomic mass is 32.2. The quantitative estimate of drug-likeness (QED) is 0.0749. The van der Waals surface area contributed by atoms with Crippen molar-refractivity contribution >= 4 is 11.8 Å². The fourth-order valence-electron chi connectivity index (χ4n) is 9.32. The van der Waals surface area contributed by atoms with Gasteiger partial charge in [0.1, 0.15) is 11.5 Å². The van der Waals surface area contributed by atoms with Gasteiger partial charge in [0.2, 0.25) is 6.79 Å². The fourth-order valence-corrected chi connectivity index (χ4v) is 9.89. The average molecular weight is 1720 g/mol. The van der Waals surface area contributed by atoms with Gasteiger partial charge in [0.25, 0.3) is 5.76 Å². The largest absolute Gasteiger partial charge is 0.573 e. The minimum absolute atomic E-state index is 0.0900. The molecular weight excluding hydrogens is 1610 g/mol. The number of aryl methyl sites for hydroxylation is 2. The lowest BCUT2D eigenvalue weighted by Gasteiger charge is -2.19. The van der Waals surface area contributed by atoms with Crippen molar-refractivity contribution in [2.75, 3.05) is 28.3 Å². The molecule has 30 heteroatoms. The summed E-state index contributed by atoms with van der Waals surface area (Å²) in [6, 6.07) is 47.9. The minimum Gasteiger partial charge on any atom is -0.481 e. The van der Waals surface area contributed by atoms with E-state index in [-0.39, 0.29) is 40.7 Å². The van der Waals surface area contributed by atoms with Crippen LogP contribution in [0.1, 0.15) is 232 Å². The van der Waals surface area contributed by atoms with Gasteiger partial charge in [0, 0.05) is 4.90 Å². The van der Waals surface area contributed by atoms with Crippen molar-refractivity contribution in [2.45, 2.75) is 233 Å². The Morgan fingerprint density at radius 1 is 0.325 bits per heavy atom. The molecule has 0 spiro atoms. The van der Waals surface area contributed by atoms with Crippen LogP contribution in [-0.4, -0.2) is 65.5 Å². The van der Waals surface area contributed by atoms with E-state index in [0.29, 0.717) is 74.2 Å². The molecule has 0 saturated carbocycles. The number of ether oxygens (including phenoxy) is 6. The van der Waals surface area contributed by atoms with Gasteiger partial charge in [-0.1, -0.05) is 237 Å². The molecule has 6 nitrogen and oxygen atoms in total. The Morgan fingerprint density at radius 3 is 1.06 bits per heavy atom. The number of thioether (sulfide) groups is 1. The van der Waals surface area contributed by atoms with Gasteiger partial charge < -0.3 is 28.4 Å². The third-order valence-corrected chi connectivity index (χ3v) is 16.4. The highest BCUT2D eigenvalue weighted by Gasteiger charge is 2.40. The van der Waals surface area contributed by atoms with Crippen molar-refractivity contribution in [1.82, 2.24) is 0 Å². The molecule has 0 aliphatic carbocycles. The summed E-state index contributed by atoms with van der Waals surface area (Å²) in [5.41, 5.74) is 7.70. The first-order valence-electron chi connectivity index (χ1n) is 36.3. The summed E-state index contributed by atoms with van der Waals surface area (Å²) < 4.78 is 298. The van der Waals surface area contributed by atoms with Gasteiger partial charge in [-0.15, -0.1) is 39.5 Å². The Morgan fingerprint density at radius 2 is 0.684 bits per heavy atom. The average Bonchev–Trinajstić information content (AvgIpc) is 1.34. The molecule has 0 bridgehead atoms. The summed E-state index contributed by atoms with van der Waals surface area (Å²) in [7, 11) is 1.50. The molecule has 1 aliphatic heterocycles. The van der Waals surface area contributed by atoms with Gasteiger partial charge in [0.05, 0.1) is 32.7 Å². The number of halogens is 23. The molecule has 0 fully saturated rings. The van der Waals surface area contributed by atoms with Crippen molar-refractivity contribution < 1.29 is 129 Å². The molecule has 8 aromatic rings. The van der Waals surface area contributed by atoms with Crippen LogP contribution in [0.25, 0.3) is 0 Å². The van der Waals surface area contributed by atoms with E-state index < -0.39 is 72.1 Å². The minimum atomic E-state index is -5.11. The Kier molecular flexibility index (Phi) is 50.0. The first-order valence-corrected chi connectivity index (χ1v) is 37.2. The lowest BCUT2D eigenvalue weighted by atomic mass is 10.00. The normalized spacial score (nSPS) is 11.9. The fraction of sp³-hybridized carbons (Fsp3) is 0.448. The van der Waals surface area contributed by atoms with Gasteiger partial charge in [-0.3, -0.25) is 13.2 Å².